The largest absolute Gasteiger partial charge is 0.508 e. The fourth-order valence-corrected chi connectivity index (χ4v) is 8.86. The predicted molar refractivity (Wildman–Crippen MR) is 274 cm³/mol. The van der Waals surface area contributed by atoms with Crippen LogP contribution >= 0.6 is 0 Å². The molecule has 0 radical (unpaired) electrons. The van der Waals surface area contributed by atoms with E-state index in [9.17, 15) is 38.6 Å². The van der Waals surface area contributed by atoms with Crippen LogP contribution in [-0.2, 0) is 48.8 Å². The van der Waals surface area contributed by atoms with Gasteiger partial charge in [-0.3, -0.25) is 19.2 Å². The van der Waals surface area contributed by atoms with Crippen molar-refractivity contribution in [1.29, 1.82) is 0 Å². The zero-order valence-electron chi connectivity index (χ0n) is 40.7. The third-order valence-corrected chi connectivity index (χ3v) is 12.7. The molecule has 14 nitrogen and oxygen atoms in total. The minimum Gasteiger partial charge on any atom is -0.508 e. The number of carboxylic acids is 1. The summed E-state index contributed by atoms with van der Waals surface area (Å²) in [5.41, 5.74) is 10.2. The molecular formula is C57H66FN7O7. The summed E-state index contributed by atoms with van der Waals surface area (Å²) in [7, 11) is 0. The minimum atomic E-state index is -1.42. The number of halogens is 1. The number of aromatic hydroxyl groups is 1. The van der Waals surface area contributed by atoms with Crippen molar-refractivity contribution in [2.45, 2.75) is 114 Å². The van der Waals surface area contributed by atoms with Crippen LogP contribution in [0.25, 0.3) is 0 Å². The van der Waals surface area contributed by atoms with Gasteiger partial charge in [0.2, 0.25) is 23.6 Å². The number of amides is 4. The van der Waals surface area contributed by atoms with E-state index in [2.05, 4.69) is 64.6 Å². The number of nitrogens with zero attached hydrogens (tertiary/aromatic N) is 2. The molecule has 1 aromatic heterocycles. The van der Waals surface area contributed by atoms with Crippen molar-refractivity contribution in [2.24, 2.45) is 5.73 Å². The van der Waals surface area contributed by atoms with Gasteiger partial charge in [-0.1, -0.05) is 148 Å². The van der Waals surface area contributed by atoms with Gasteiger partial charge in [0.25, 0.3) is 0 Å². The lowest BCUT2D eigenvalue weighted by atomic mass is 9.77. The highest BCUT2D eigenvalue weighted by Gasteiger charge is 2.39. The summed E-state index contributed by atoms with van der Waals surface area (Å²) < 4.78 is 16.0. The molecule has 4 amide bonds. The van der Waals surface area contributed by atoms with E-state index >= 15 is 0 Å². The fourth-order valence-electron chi connectivity index (χ4n) is 8.86. The van der Waals surface area contributed by atoms with E-state index < -0.39 is 59.2 Å². The Hall–Kier alpha value is -7.65. The second-order valence-corrected chi connectivity index (χ2v) is 18.1. The predicted octanol–water partition coefficient (Wildman–Crippen LogP) is 7.11. The lowest BCUT2D eigenvalue weighted by molar-refractivity contribution is -0.142. The topological polar surface area (TPSA) is 218 Å². The first-order valence-corrected chi connectivity index (χ1v) is 24.8. The molecule has 8 N–H and O–H groups in total. The van der Waals surface area contributed by atoms with Crippen LogP contribution in [0.3, 0.4) is 0 Å². The number of hydrogen-bond acceptors (Lipinski definition) is 8. The number of carboxylic acid groups (broad SMARTS) is 1. The summed E-state index contributed by atoms with van der Waals surface area (Å²) in [5.74, 6) is -4.13. The van der Waals surface area contributed by atoms with Crippen molar-refractivity contribution >= 4 is 29.6 Å². The van der Waals surface area contributed by atoms with Crippen LogP contribution in [0, 0.1) is 5.82 Å². The number of nitrogens with two attached hydrogens (primary N) is 1. The Morgan fingerprint density at radius 3 is 1.71 bits per heavy atom. The van der Waals surface area contributed by atoms with Crippen molar-refractivity contribution in [3.63, 3.8) is 0 Å². The van der Waals surface area contributed by atoms with Gasteiger partial charge in [-0.15, -0.1) is 0 Å². The summed E-state index contributed by atoms with van der Waals surface area (Å²) in [4.78, 5) is 72.3. The maximum Gasteiger partial charge on any atom is 0.326 e. The summed E-state index contributed by atoms with van der Waals surface area (Å²) in [6.45, 7) is 2.48. The van der Waals surface area contributed by atoms with Crippen LogP contribution < -0.4 is 27.0 Å². The molecule has 72 heavy (non-hydrogen) atoms. The van der Waals surface area contributed by atoms with Crippen LogP contribution in [0.1, 0.15) is 98.2 Å². The molecule has 0 aliphatic rings. The van der Waals surface area contributed by atoms with Crippen LogP contribution in [0.15, 0.2) is 152 Å². The van der Waals surface area contributed by atoms with Gasteiger partial charge in [-0.2, -0.15) is 0 Å². The number of rotatable bonds is 28. The molecule has 6 aromatic rings. The average molecular weight is 980 g/mol. The van der Waals surface area contributed by atoms with Gasteiger partial charge in [0, 0.05) is 38.4 Å². The van der Waals surface area contributed by atoms with Gasteiger partial charge in [-0.05, 0) is 77.8 Å². The number of nitrogens with one attached hydrogen (secondary N) is 4. The van der Waals surface area contributed by atoms with E-state index in [4.69, 9.17) is 10.7 Å². The van der Waals surface area contributed by atoms with Crippen LogP contribution in [0.4, 0.5) is 4.39 Å². The summed E-state index contributed by atoms with van der Waals surface area (Å²) >= 11 is 0. The molecule has 1 heterocycles. The molecule has 4 atom stereocenters. The highest BCUT2D eigenvalue weighted by Crippen LogP contribution is 2.40. The van der Waals surface area contributed by atoms with Gasteiger partial charge in [0.1, 0.15) is 35.2 Å². The van der Waals surface area contributed by atoms with Crippen LogP contribution in [-0.4, -0.2) is 80.1 Å². The first-order valence-electron chi connectivity index (χ1n) is 24.8. The van der Waals surface area contributed by atoms with E-state index in [1.807, 2.05) is 65.4 Å². The number of imidazole rings is 1. The number of carbonyl (C=O) groups is 5. The minimum absolute atomic E-state index is 0.000691. The third-order valence-electron chi connectivity index (χ3n) is 12.7. The number of aromatic nitrogens is 2. The highest BCUT2D eigenvalue weighted by molar-refractivity contribution is 5.94. The molecule has 0 aliphatic carbocycles. The molecule has 378 valence electrons. The second-order valence-electron chi connectivity index (χ2n) is 18.1. The second kappa shape index (κ2) is 27.1. The van der Waals surface area contributed by atoms with Crippen LogP contribution in [0.2, 0.25) is 0 Å². The first kappa shape index (κ1) is 53.7. The Kier molecular flexibility index (Phi) is 20.2. The molecule has 0 spiro atoms. The number of unbranched alkanes of at least 4 members (excludes halogenated alkanes) is 5. The zero-order chi connectivity index (χ0) is 51.3. The van der Waals surface area contributed by atoms with Gasteiger partial charge in [-0.25, -0.2) is 14.2 Å². The Bertz CT molecular complexity index is 2550. The molecule has 0 bridgehead atoms. The zero-order valence-corrected chi connectivity index (χ0v) is 40.7. The van der Waals surface area contributed by atoms with E-state index in [-0.39, 0.29) is 37.3 Å². The molecule has 6 rings (SSSR count). The number of aliphatic carboxylic acids is 1. The number of benzene rings is 5. The summed E-state index contributed by atoms with van der Waals surface area (Å²) in [6.07, 6.45) is 9.79. The normalized spacial score (nSPS) is 13.0. The van der Waals surface area contributed by atoms with E-state index in [1.165, 1.54) is 48.5 Å². The molecule has 4 unspecified atom stereocenters. The monoisotopic (exact) mass is 980 g/mol. The Morgan fingerprint density at radius 2 is 1.14 bits per heavy atom. The van der Waals surface area contributed by atoms with Crippen molar-refractivity contribution in [3.05, 3.63) is 191 Å². The average Bonchev–Trinajstić information content (AvgIpc) is 3.85. The van der Waals surface area contributed by atoms with Gasteiger partial charge < -0.3 is 41.8 Å². The first-order chi connectivity index (χ1) is 34.9. The molecular weight excluding hydrogens is 914 g/mol. The lowest BCUT2D eigenvalue weighted by Crippen LogP contribution is -2.58. The number of phenols is 1. The van der Waals surface area contributed by atoms with E-state index in [0.717, 1.165) is 48.8 Å². The quantitative estimate of drug-likeness (QED) is 0.0197. The van der Waals surface area contributed by atoms with Crippen molar-refractivity contribution in [3.8, 4) is 5.75 Å². The Balaban J connectivity index is 1.21. The maximum absolute atomic E-state index is 14.4. The van der Waals surface area contributed by atoms with E-state index in [1.54, 1.807) is 6.33 Å². The molecule has 0 aliphatic heterocycles. The maximum atomic E-state index is 14.4. The fraction of sp³-hybridized carbons (Fsp3) is 0.333. The lowest BCUT2D eigenvalue weighted by Gasteiger charge is -2.37. The van der Waals surface area contributed by atoms with Crippen molar-refractivity contribution in [1.82, 2.24) is 30.8 Å². The molecule has 0 saturated carbocycles. The van der Waals surface area contributed by atoms with Crippen molar-refractivity contribution < 1.29 is 38.6 Å². The smallest absolute Gasteiger partial charge is 0.326 e. The van der Waals surface area contributed by atoms with Gasteiger partial charge >= 0.3 is 5.97 Å². The highest BCUT2D eigenvalue weighted by atomic mass is 19.1. The number of phenolic OH excluding ortho intramolecular Hbond substituents is 1. The molecule has 0 fully saturated rings. The van der Waals surface area contributed by atoms with E-state index in [0.29, 0.717) is 42.6 Å². The number of carbonyl (C=O) groups excluding carboxylic acids is 4. The Morgan fingerprint density at radius 1 is 0.625 bits per heavy atom. The van der Waals surface area contributed by atoms with Gasteiger partial charge in [0.05, 0.1) is 18.1 Å². The Labute approximate surface area is 420 Å². The summed E-state index contributed by atoms with van der Waals surface area (Å²) in [6, 6.07) is 36.2. The van der Waals surface area contributed by atoms with Gasteiger partial charge in [0.15, 0.2) is 0 Å². The molecule has 0 saturated heterocycles. The molecule has 15 heteroatoms. The standard InChI is InChI=1S/C57H66FN7O7/c1-2-3-4-5-15-25-52(67)60-34-17-16-24-49(54(69)63-50(35-40-26-30-45(58)31-27-40)55(70)64-51(56(71)72)36-41-28-32-47(66)33-29-41)62-53(68)48(59)37-46-38-65(39-61-46)57(42-18-9-6-10-19-42,43-20-11-7-12-21-43)44-22-13-8-14-23-44/h6-14,18-23,26-33,38-39,48-51,66H,2-5,15-17,24-25,34-37,59H2,1H3,(H,60,67)(H,62,68)(H,63,69)(H,64,70)(H,71,72). The molecule has 5 aromatic carbocycles. The van der Waals surface area contributed by atoms with Crippen LogP contribution in [0.5, 0.6) is 5.75 Å². The van der Waals surface area contributed by atoms with Crippen molar-refractivity contribution in [2.75, 3.05) is 6.54 Å². The summed E-state index contributed by atoms with van der Waals surface area (Å²) in [5, 5.41) is 30.9. The number of hydrogen-bond donors (Lipinski definition) is 7. The third kappa shape index (κ3) is 15.2. The SMILES string of the molecule is CCCCCCCC(=O)NCCCCC(NC(=O)C(N)Cc1cn(C(c2ccccc2)(c2ccccc2)c2ccccc2)cn1)C(=O)NC(Cc1ccc(F)cc1)C(=O)NC(Cc1ccc(O)cc1)C(=O)O.